The third-order valence-corrected chi connectivity index (χ3v) is 3.17. The van der Waals surface area contributed by atoms with Gasteiger partial charge < -0.3 is 4.74 Å². The van der Waals surface area contributed by atoms with Crippen molar-refractivity contribution >= 4 is 0 Å². The molecule has 0 saturated carbocycles. The minimum absolute atomic E-state index is 0.635. The van der Waals surface area contributed by atoms with Crippen LogP contribution in [0.2, 0.25) is 0 Å². The van der Waals surface area contributed by atoms with Crippen molar-refractivity contribution < 1.29 is 4.74 Å². The van der Waals surface area contributed by atoms with E-state index in [1.54, 1.807) is 7.11 Å². The first-order chi connectivity index (χ1) is 7.86. The van der Waals surface area contributed by atoms with Crippen LogP contribution in [0.3, 0.4) is 0 Å². The molecule has 3 heteroatoms. The molecule has 0 radical (unpaired) electrons. The second-order valence-electron chi connectivity index (χ2n) is 4.16. The standard InChI is InChI=1S/C13H14N2O/c1-16-13-8-12(14-15-13)11-6-5-9-3-2-4-10(9)7-11/h5-8H,2-4H2,1H3,(H,14,15). The van der Waals surface area contributed by atoms with Gasteiger partial charge in [-0.2, -0.15) is 0 Å². The van der Waals surface area contributed by atoms with Crippen LogP contribution in [0.4, 0.5) is 0 Å². The molecule has 1 N–H and O–H groups in total. The van der Waals surface area contributed by atoms with Gasteiger partial charge in [-0.3, -0.25) is 5.10 Å². The highest BCUT2D eigenvalue weighted by atomic mass is 16.5. The zero-order valence-electron chi connectivity index (χ0n) is 9.29. The normalized spacial score (nSPS) is 13.8. The van der Waals surface area contributed by atoms with Crippen molar-refractivity contribution in [3.63, 3.8) is 0 Å². The van der Waals surface area contributed by atoms with Crippen molar-refractivity contribution in [1.29, 1.82) is 0 Å². The second kappa shape index (κ2) is 3.67. The van der Waals surface area contributed by atoms with Gasteiger partial charge in [0.2, 0.25) is 5.88 Å². The summed E-state index contributed by atoms with van der Waals surface area (Å²) in [5.74, 6) is 0.635. The molecule has 3 nitrogen and oxygen atoms in total. The molecule has 0 saturated heterocycles. The molecule has 2 aromatic rings. The Morgan fingerprint density at radius 2 is 2.06 bits per heavy atom. The molecule has 1 aromatic carbocycles. The van der Waals surface area contributed by atoms with E-state index in [9.17, 15) is 0 Å². The molecule has 0 amide bonds. The first-order valence-corrected chi connectivity index (χ1v) is 5.58. The van der Waals surface area contributed by atoms with E-state index in [0.717, 1.165) is 5.69 Å². The van der Waals surface area contributed by atoms with E-state index >= 15 is 0 Å². The molecule has 0 bridgehead atoms. The number of hydrogen-bond donors (Lipinski definition) is 1. The second-order valence-corrected chi connectivity index (χ2v) is 4.16. The van der Waals surface area contributed by atoms with E-state index in [-0.39, 0.29) is 0 Å². The lowest BCUT2D eigenvalue weighted by Crippen LogP contribution is -1.84. The van der Waals surface area contributed by atoms with Crippen molar-refractivity contribution in [2.45, 2.75) is 19.3 Å². The van der Waals surface area contributed by atoms with E-state index in [1.165, 1.54) is 36.0 Å². The first kappa shape index (κ1) is 9.46. The molecule has 82 valence electrons. The molecule has 0 fully saturated rings. The lowest BCUT2D eigenvalue weighted by atomic mass is 10.0. The predicted molar refractivity (Wildman–Crippen MR) is 62.6 cm³/mol. The highest BCUT2D eigenvalue weighted by Gasteiger charge is 2.12. The van der Waals surface area contributed by atoms with Crippen molar-refractivity contribution in [2.24, 2.45) is 0 Å². The number of rotatable bonds is 2. The number of H-pyrrole nitrogens is 1. The maximum atomic E-state index is 5.07. The minimum Gasteiger partial charge on any atom is -0.480 e. The molecule has 0 aliphatic heterocycles. The zero-order chi connectivity index (χ0) is 11.0. The molecular formula is C13H14N2O. The summed E-state index contributed by atoms with van der Waals surface area (Å²) in [6, 6.07) is 8.56. The van der Waals surface area contributed by atoms with Gasteiger partial charge >= 0.3 is 0 Å². The van der Waals surface area contributed by atoms with Crippen molar-refractivity contribution in [3.05, 3.63) is 35.4 Å². The average molecular weight is 214 g/mol. The fourth-order valence-corrected chi connectivity index (χ4v) is 2.30. The van der Waals surface area contributed by atoms with Crippen molar-refractivity contribution in [3.8, 4) is 17.1 Å². The van der Waals surface area contributed by atoms with Crippen LogP contribution in [0, 0.1) is 0 Å². The highest BCUT2D eigenvalue weighted by molar-refractivity contribution is 5.62. The van der Waals surface area contributed by atoms with E-state index in [1.807, 2.05) is 6.07 Å². The molecule has 1 heterocycles. The number of aromatic nitrogens is 2. The van der Waals surface area contributed by atoms with Gasteiger partial charge in [0, 0.05) is 6.07 Å². The Labute approximate surface area is 94.5 Å². The fourth-order valence-electron chi connectivity index (χ4n) is 2.30. The molecule has 16 heavy (non-hydrogen) atoms. The van der Waals surface area contributed by atoms with Crippen LogP contribution in [-0.2, 0) is 12.8 Å². The minimum atomic E-state index is 0.635. The van der Waals surface area contributed by atoms with E-state index in [2.05, 4.69) is 28.4 Å². The summed E-state index contributed by atoms with van der Waals surface area (Å²) in [5.41, 5.74) is 5.18. The number of hydrogen-bond acceptors (Lipinski definition) is 2. The van der Waals surface area contributed by atoms with Crippen LogP contribution in [0.25, 0.3) is 11.3 Å². The topological polar surface area (TPSA) is 37.9 Å². The average Bonchev–Trinajstić information content (AvgIpc) is 2.96. The van der Waals surface area contributed by atoms with Crippen molar-refractivity contribution in [1.82, 2.24) is 10.2 Å². The zero-order valence-corrected chi connectivity index (χ0v) is 9.29. The van der Waals surface area contributed by atoms with Gasteiger partial charge in [-0.1, -0.05) is 12.1 Å². The summed E-state index contributed by atoms with van der Waals surface area (Å²) < 4.78 is 5.07. The monoisotopic (exact) mass is 214 g/mol. The molecule has 3 rings (SSSR count). The van der Waals surface area contributed by atoms with Crippen LogP contribution < -0.4 is 4.74 Å². The maximum absolute atomic E-state index is 5.07. The SMILES string of the molecule is COc1cc(-c2ccc3c(c2)CCC3)[nH]n1. The number of aromatic amines is 1. The number of methoxy groups -OCH3 is 1. The third kappa shape index (κ3) is 1.48. The molecule has 1 aliphatic rings. The summed E-state index contributed by atoms with van der Waals surface area (Å²) in [7, 11) is 1.63. The van der Waals surface area contributed by atoms with E-state index < -0.39 is 0 Å². The summed E-state index contributed by atoms with van der Waals surface area (Å²) in [5, 5.41) is 7.05. The fraction of sp³-hybridized carbons (Fsp3) is 0.308. The van der Waals surface area contributed by atoms with Gasteiger partial charge in [0.25, 0.3) is 0 Å². The summed E-state index contributed by atoms with van der Waals surface area (Å²) in [6.45, 7) is 0. The van der Waals surface area contributed by atoms with Gasteiger partial charge in [0.05, 0.1) is 12.8 Å². The number of fused-ring (bicyclic) bond motifs is 1. The third-order valence-electron chi connectivity index (χ3n) is 3.17. The Hall–Kier alpha value is -1.77. The number of aryl methyl sites for hydroxylation is 2. The van der Waals surface area contributed by atoms with Gasteiger partial charge in [-0.05, 0) is 42.0 Å². The number of nitrogens with zero attached hydrogens (tertiary/aromatic N) is 1. The highest BCUT2D eigenvalue weighted by Crippen LogP contribution is 2.28. The Balaban J connectivity index is 2.00. The van der Waals surface area contributed by atoms with Crippen LogP contribution in [-0.4, -0.2) is 17.3 Å². The van der Waals surface area contributed by atoms with E-state index in [4.69, 9.17) is 4.74 Å². The molecule has 0 spiro atoms. The lowest BCUT2D eigenvalue weighted by molar-refractivity contribution is 0.397. The first-order valence-electron chi connectivity index (χ1n) is 5.58. The Morgan fingerprint density at radius 3 is 2.88 bits per heavy atom. The number of ether oxygens (including phenoxy) is 1. The van der Waals surface area contributed by atoms with Crippen LogP contribution in [0.5, 0.6) is 5.88 Å². The van der Waals surface area contributed by atoms with Crippen LogP contribution in [0.15, 0.2) is 24.3 Å². The van der Waals surface area contributed by atoms with Crippen LogP contribution >= 0.6 is 0 Å². The van der Waals surface area contributed by atoms with Crippen LogP contribution in [0.1, 0.15) is 17.5 Å². The van der Waals surface area contributed by atoms with E-state index in [0.29, 0.717) is 5.88 Å². The lowest BCUT2D eigenvalue weighted by Gasteiger charge is -2.02. The Morgan fingerprint density at radius 1 is 1.19 bits per heavy atom. The van der Waals surface area contributed by atoms with Gasteiger partial charge in [0.15, 0.2) is 0 Å². The van der Waals surface area contributed by atoms with Gasteiger partial charge in [0.1, 0.15) is 0 Å². The number of benzene rings is 1. The van der Waals surface area contributed by atoms with Gasteiger partial charge in [-0.15, -0.1) is 5.10 Å². The Bertz CT molecular complexity index is 516. The molecule has 0 atom stereocenters. The summed E-state index contributed by atoms with van der Waals surface area (Å²) >= 11 is 0. The molecule has 1 aromatic heterocycles. The van der Waals surface area contributed by atoms with Gasteiger partial charge in [-0.25, -0.2) is 0 Å². The summed E-state index contributed by atoms with van der Waals surface area (Å²) in [4.78, 5) is 0. The smallest absolute Gasteiger partial charge is 0.232 e. The largest absolute Gasteiger partial charge is 0.480 e. The Kier molecular flexibility index (Phi) is 2.17. The quantitative estimate of drug-likeness (QED) is 0.834. The number of nitrogens with one attached hydrogen (secondary N) is 1. The molecular weight excluding hydrogens is 200 g/mol. The molecule has 1 aliphatic carbocycles. The summed E-state index contributed by atoms with van der Waals surface area (Å²) in [6.07, 6.45) is 3.71. The molecule has 0 unspecified atom stereocenters. The maximum Gasteiger partial charge on any atom is 0.232 e. The predicted octanol–water partition coefficient (Wildman–Crippen LogP) is 2.57. The van der Waals surface area contributed by atoms with Crippen molar-refractivity contribution in [2.75, 3.05) is 7.11 Å².